The number of aliphatic hydroxyl groups is 2. The van der Waals surface area contributed by atoms with E-state index in [0.29, 0.717) is 37.5 Å². The summed E-state index contributed by atoms with van der Waals surface area (Å²) < 4.78 is 2.14. The van der Waals surface area contributed by atoms with Crippen molar-refractivity contribution in [3.63, 3.8) is 0 Å². The maximum Gasteiger partial charge on any atom is 0.255 e. The summed E-state index contributed by atoms with van der Waals surface area (Å²) in [5, 5.41) is 21.0. The summed E-state index contributed by atoms with van der Waals surface area (Å²) in [5.41, 5.74) is 2.32. The molecule has 1 saturated carbocycles. The van der Waals surface area contributed by atoms with Crippen molar-refractivity contribution in [3.8, 4) is 0 Å². The Balaban J connectivity index is 1.38. The molecular formula is C25H30N4O3. The highest BCUT2D eigenvalue weighted by molar-refractivity contribution is 5.96. The number of nitrogens with zero attached hydrogens (tertiary/aromatic N) is 4. The van der Waals surface area contributed by atoms with Crippen molar-refractivity contribution in [2.75, 3.05) is 19.7 Å². The number of benzene rings is 1. The molecule has 1 aliphatic heterocycles. The van der Waals surface area contributed by atoms with Crippen LogP contribution in [0.2, 0.25) is 0 Å². The highest BCUT2D eigenvalue weighted by Gasteiger charge is 2.44. The predicted molar refractivity (Wildman–Crippen MR) is 121 cm³/mol. The van der Waals surface area contributed by atoms with Crippen molar-refractivity contribution in [1.82, 2.24) is 19.4 Å². The molecule has 1 aliphatic carbocycles. The van der Waals surface area contributed by atoms with Gasteiger partial charge in [0.1, 0.15) is 5.52 Å². The zero-order chi connectivity index (χ0) is 22.1. The first-order valence-corrected chi connectivity index (χ1v) is 11.5. The van der Waals surface area contributed by atoms with Crippen LogP contribution in [0.25, 0.3) is 11.2 Å². The fourth-order valence-corrected chi connectivity index (χ4v) is 5.38. The van der Waals surface area contributed by atoms with Crippen molar-refractivity contribution in [1.29, 1.82) is 0 Å². The largest absolute Gasteiger partial charge is 0.396 e. The molecule has 1 aromatic carbocycles. The second kappa shape index (κ2) is 8.64. The van der Waals surface area contributed by atoms with Crippen LogP contribution >= 0.6 is 0 Å². The fraction of sp³-hybridized carbons (Fsp3) is 0.480. The molecule has 0 radical (unpaired) electrons. The number of imidazole rings is 1. The molecule has 0 unspecified atom stereocenters. The lowest BCUT2D eigenvalue weighted by Gasteiger charge is -2.45. The van der Waals surface area contributed by atoms with E-state index in [-0.39, 0.29) is 12.5 Å². The van der Waals surface area contributed by atoms with E-state index in [1.54, 1.807) is 11.1 Å². The Labute approximate surface area is 187 Å². The van der Waals surface area contributed by atoms with Crippen molar-refractivity contribution in [2.45, 2.75) is 50.7 Å². The second-order valence-electron chi connectivity index (χ2n) is 9.37. The smallest absolute Gasteiger partial charge is 0.255 e. The van der Waals surface area contributed by atoms with E-state index >= 15 is 0 Å². The minimum absolute atomic E-state index is 0.132. The first-order chi connectivity index (χ1) is 15.6. The maximum absolute atomic E-state index is 13.4. The average molecular weight is 435 g/mol. The number of fused-ring (bicyclic) bond motifs is 1. The molecule has 2 N–H and O–H groups in total. The van der Waals surface area contributed by atoms with E-state index < -0.39 is 11.5 Å². The standard InChI is InChI=1S/C25H30N4O3/c30-16-25(13-18-6-2-1-3-7-18)15-28(11-10-22(25)31)24(32)19-12-21-23(26-14-19)29(17-27-21)20-8-4-5-9-20/h1-3,6-7,12,14,17,20,22,30-31H,4-5,8-11,13,15-16H2/t22-,25+/m1/s1. The average Bonchev–Trinajstić information content (AvgIpc) is 3.50. The summed E-state index contributed by atoms with van der Waals surface area (Å²) in [4.78, 5) is 24.2. The second-order valence-corrected chi connectivity index (χ2v) is 9.37. The molecule has 168 valence electrons. The van der Waals surface area contributed by atoms with Crippen LogP contribution in [0.3, 0.4) is 0 Å². The fourth-order valence-electron chi connectivity index (χ4n) is 5.38. The van der Waals surface area contributed by atoms with Gasteiger partial charge in [-0.3, -0.25) is 4.79 Å². The molecule has 1 saturated heterocycles. The number of hydrogen-bond acceptors (Lipinski definition) is 5. The van der Waals surface area contributed by atoms with Crippen LogP contribution in [-0.2, 0) is 6.42 Å². The van der Waals surface area contributed by atoms with Gasteiger partial charge in [0.15, 0.2) is 5.65 Å². The zero-order valence-electron chi connectivity index (χ0n) is 18.2. The van der Waals surface area contributed by atoms with Crippen molar-refractivity contribution in [2.24, 2.45) is 5.41 Å². The third-order valence-electron chi connectivity index (χ3n) is 7.26. The molecule has 32 heavy (non-hydrogen) atoms. The number of aliphatic hydroxyl groups excluding tert-OH is 2. The Morgan fingerprint density at radius 3 is 2.66 bits per heavy atom. The monoisotopic (exact) mass is 434 g/mol. The van der Waals surface area contributed by atoms with Crippen LogP contribution < -0.4 is 0 Å². The summed E-state index contributed by atoms with van der Waals surface area (Å²) in [5.74, 6) is -0.132. The number of amides is 1. The molecule has 0 spiro atoms. The number of piperidine rings is 1. The van der Waals surface area contributed by atoms with Crippen LogP contribution in [0.4, 0.5) is 0 Å². The summed E-state index contributed by atoms with van der Waals surface area (Å²) in [7, 11) is 0. The van der Waals surface area contributed by atoms with Gasteiger partial charge in [0.05, 0.1) is 24.6 Å². The molecule has 2 atom stereocenters. The van der Waals surface area contributed by atoms with Gasteiger partial charge < -0.3 is 19.7 Å². The van der Waals surface area contributed by atoms with E-state index in [9.17, 15) is 15.0 Å². The van der Waals surface area contributed by atoms with E-state index in [1.165, 1.54) is 12.8 Å². The van der Waals surface area contributed by atoms with E-state index in [2.05, 4.69) is 14.5 Å². The van der Waals surface area contributed by atoms with Crippen LogP contribution in [0.5, 0.6) is 0 Å². The number of carbonyl (C=O) groups is 1. The van der Waals surface area contributed by atoms with Gasteiger partial charge in [0.25, 0.3) is 5.91 Å². The van der Waals surface area contributed by atoms with E-state index in [4.69, 9.17) is 0 Å². The molecule has 2 aromatic heterocycles. The lowest BCUT2D eigenvalue weighted by molar-refractivity contribution is -0.0668. The van der Waals surface area contributed by atoms with Crippen LogP contribution in [-0.4, -0.2) is 61.4 Å². The Kier molecular flexibility index (Phi) is 5.69. The van der Waals surface area contributed by atoms with Gasteiger partial charge in [-0.1, -0.05) is 43.2 Å². The molecule has 7 nitrogen and oxygen atoms in total. The highest BCUT2D eigenvalue weighted by atomic mass is 16.3. The van der Waals surface area contributed by atoms with Crippen molar-refractivity contribution in [3.05, 3.63) is 60.0 Å². The van der Waals surface area contributed by atoms with Gasteiger partial charge in [0, 0.05) is 30.7 Å². The summed E-state index contributed by atoms with van der Waals surface area (Å²) >= 11 is 0. The highest BCUT2D eigenvalue weighted by Crippen LogP contribution is 2.35. The minimum atomic E-state index is -0.781. The molecule has 3 aromatic rings. The van der Waals surface area contributed by atoms with Gasteiger partial charge in [-0.25, -0.2) is 9.97 Å². The van der Waals surface area contributed by atoms with Gasteiger partial charge >= 0.3 is 0 Å². The van der Waals surface area contributed by atoms with E-state index in [0.717, 1.165) is 29.6 Å². The van der Waals surface area contributed by atoms with Gasteiger partial charge in [0.2, 0.25) is 0 Å². The Morgan fingerprint density at radius 1 is 1.12 bits per heavy atom. The maximum atomic E-state index is 13.4. The number of likely N-dealkylation sites (tertiary alicyclic amines) is 1. The SMILES string of the molecule is O=C(c1cnc2c(c1)ncn2C1CCCC1)N1CC[C@@H](O)[C@@](CO)(Cc2ccccc2)C1. The molecule has 7 heteroatoms. The van der Waals surface area contributed by atoms with E-state index in [1.807, 2.05) is 42.7 Å². The number of aromatic nitrogens is 3. The molecule has 2 aliphatic rings. The molecule has 0 bridgehead atoms. The quantitative estimate of drug-likeness (QED) is 0.644. The van der Waals surface area contributed by atoms with Crippen LogP contribution in [0, 0.1) is 5.41 Å². The zero-order valence-corrected chi connectivity index (χ0v) is 18.2. The van der Waals surface area contributed by atoms with Gasteiger partial charge in [-0.2, -0.15) is 0 Å². The first-order valence-electron chi connectivity index (χ1n) is 11.5. The third kappa shape index (κ3) is 3.80. The summed E-state index contributed by atoms with van der Waals surface area (Å²) in [6, 6.07) is 12.1. The minimum Gasteiger partial charge on any atom is -0.396 e. The van der Waals surface area contributed by atoms with Gasteiger partial charge in [-0.05, 0) is 37.3 Å². The normalized spacial score (nSPS) is 24.3. The molecule has 5 rings (SSSR count). The van der Waals surface area contributed by atoms with Crippen molar-refractivity contribution < 1.29 is 15.0 Å². The molecule has 2 fully saturated rings. The molecule has 3 heterocycles. The van der Waals surface area contributed by atoms with Crippen molar-refractivity contribution >= 4 is 17.1 Å². The third-order valence-corrected chi connectivity index (χ3v) is 7.26. The topological polar surface area (TPSA) is 91.5 Å². The predicted octanol–water partition coefficient (Wildman–Crippen LogP) is 2.97. The molecular weight excluding hydrogens is 404 g/mol. The first kappa shape index (κ1) is 21.1. The number of pyridine rings is 1. The summed E-state index contributed by atoms with van der Waals surface area (Å²) in [6.07, 6.45) is 8.53. The number of carbonyl (C=O) groups excluding carboxylic acids is 1. The van der Waals surface area contributed by atoms with Crippen LogP contribution in [0.15, 0.2) is 48.9 Å². The Hall–Kier alpha value is -2.77. The lowest BCUT2D eigenvalue weighted by Crippen LogP contribution is -2.56. The number of hydrogen-bond donors (Lipinski definition) is 2. The lowest BCUT2D eigenvalue weighted by atomic mass is 9.73. The van der Waals surface area contributed by atoms with Gasteiger partial charge in [-0.15, -0.1) is 0 Å². The summed E-state index contributed by atoms with van der Waals surface area (Å²) in [6.45, 7) is 0.563. The Morgan fingerprint density at radius 2 is 1.91 bits per heavy atom. The Bertz CT molecular complexity index is 1090. The van der Waals surface area contributed by atoms with Crippen LogP contribution in [0.1, 0.15) is 54.1 Å². The number of rotatable bonds is 5. The molecule has 1 amide bonds.